The first-order valence-corrected chi connectivity index (χ1v) is 10.8. The van der Waals surface area contributed by atoms with Crippen molar-refractivity contribution < 1.29 is 14.0 Å². The van der Waals surface area contributed by atoms with Gasteiger partial charge < -0.3 is 24.6 Å². The van der Waals surface area contributed by atoms with Gasteiger partial charge in [0.25, 0.3) is 5.89 Å². The molecule has 2 aromatic rings. The van der Waals surface area contributed by atoms with E-state index in [2.05, 4.69) is 37.9 Å². The maximum atomic E-state index is 5.68. The molecule has 31 heavy (non-hydrogen) atoms. The summed E-state index contributed by atoms with van der Waals surface area (Å²) in [5.41, 5.74) is 2.18. The molecule has 1 aliphatic heterocycles. The van der Waals surface area contributed by atoms with Gasteiger partial charge in [0, 0.05) is 45.3 Å². The first-order chi connectivity index (χ1) is 14.8. The van der Waals surface area contributed by atoms with Crippen LogP contribution in [-0.2, 0) is 22.3 Å². The van der Waals surface area contributed by atoms with Crippen LogP contribution in [0, 0.1) is 0 Å². The molecule has 172 valence electrons. The van der Waals surface area contributed by atoms with Crippen molar-refractivity contribution in [2.24, 2.45) is 4.99 Å². The summed E-state index contributed by atoms with van der Waals surface area (Å²) >= 11 is 0. The molecule has 0 amide bonds. The van der Waals surface area contributed by atoms with E-state index in [1.165, 1.54) is 5.56 Å². The molecule has 0 aliphatic carbocycles. The first kappa shape index (κ1) is 25.5. The van der Waals surface area contributed by atoms with Crippen LogP contribution in [0.3, 0.4) is 0 Å². The number of benzene rings is 1. The third-order valence-electron chi connectivity index (χ3n) is 5.00. The van der Waals surface area contributed by atoms with Gasteiger partial charge in [-0.25, -0.2) is 0 Å². The van der Waals surface area contributed by atoms with E-state index in [-0.39, 0.29) is 24.0 Å². The Morgan fingerprint density at radius 1 is 1.23 bits per heavy atom. The number of nitrogens with zero attached hydrogens (tertiary/aromatic N) is 3. The predicted octanol–water partition coefficient (Wildman–Crippen LogP) is 3.21. The first-order valence-electron chi connectivity index (χ1n) is 10.8. The van der Waals surface area contributed by atoms with Crippen LogP contribution in [0.15, 0.2) is 33.8 Å². The molecule has 0 spiro atoms. The smallest absolute Gasteiger partial charge is 0.257 e. The topological polar surface area (TPSA) is 93.8 Å². The van der Waals surface area contributed by atoms with Gasteiger partial charge in [-0.15, -0.1) is 24.0 Å². The lowest BCUT2D eigenvalue weighted by atomic mass is 10.1. The zero-order valence-corrected chi connectivity index (χ0v) is 20.8. The number of rotatable bonds is 11. The monoisotopic (exact) mass is 543 g/mol. The molecule has 1 saturated heterocycles. The van der Waals surface area contributed by atoms with E-state index in [9.17, 15) is 0 Å². The molecule has 9 heteroatoms. The van der Waals surface area contributed by atoms with E-state index in [1.54, 1.807) is 7.05 Å². The molecular weight excluding hydrogens is 509 g/mol. The van der Waals surface area contributed by atoms with Crippen LogP contribution in [0.4, 0.5) is 0 Å². The lowest BCUT2D eigenvalue weighted by Crippen LogP contribution is -2.39. The van der Waals surface area contributed by atoms with Crippen molar-refractivity contribution in [2.75, 3.05) is 40.0 Å². The van der Waals surface area contributed by atoms with Crippen molar-refractivity contribution in [1.82, 2.24) is 20.8 Å². The van der Waals surface area contributed by atoms with Crippen molar-refractivity contribution in [1.29, 1.82) is 0 Å². The third kappa shape index (κ3) is 8.74. The van der Waals surface area contributed by atoms with E-state index in [4.69, 9.17) is 14.0 Å². The number of guanidine groups is 1. The summed E-state index contributed by atoms with van der Waals surface area (Å²) in [5, 5.41) is 10.6. The Bertz CT molecular complexity index is 776. The molecule has 0 bridgehead atoms. The van der Waals surface area contributed by atoms with E-state index in [0.29, 0.717) is 18.6 Å². The Hall–Kier alpha value is -1.72. The van der Waals surface area contributed by atoms with E-state index >= 15 is 0 Å². The van der Waals surface area contributed by atoms with Crippen molar-refractivity contribution in [2.45, 2.75) is 45.1 Å². The number of aliphatic imine (C=N–C) groups is 1. The second-order valence-electron chi connectivity index (χ2n) is 7.31. The highest BCUT2D eigenvalue weighted by Crippen LogP contribution is 2.18. The zero-order valence-electron chi connectivity index (χ0n) is 18.4. The summed E-state index contributed by atoms with van der Waals surface area (Å²) in [6.45, 7) is 5.95. The molecule has 1 aliphatic rings. The maximum Gasteiger partial charge on any atom is 0.257 e. The highest BCUT2D eigenvalue weighted by molar-refractivity contribution is 14.0. The number of nitrogens with one attached hydrogen (secondary N) is 2. The van der Waals surface area contributed by atoms with Crippen LogP contribution in [0.25, 0.3) is 11.5 Å². The Morgan fingerprint density at radius 3 is 2.71 bits per heavy atom. The fourth-order valence-corrected chi connectivity index (χ4v) is 3.25. The summed E-state index contributed by atoms with van der Waals surface area (Å²) < 4.78 is 16.5. The molecule has 8 nitrogen and oxygen atoms in total. The van der Waals surface area contributed by atoms with Crippen LogP contribution in [-0.4, -0.2) is 62.2 Å². The largest absolute Gasteiger partial charge is 0.379 e. The number of halogens is 1. The summed E-state index contributed by atoms with van der Waals surface area (Å²) in [7, 11) is 1.78. The fourth-order valence-electron chi connectivity index (χ4n) is 3.25. The van der Waals surface area contributed by atoms with E-state index in [0.717, 1.165) is 75.8 Å². The Kier molecular flexibility index (Phi) is 11.8. The molecule has 1 aromatic heterocycles. The number of hydrogen-bond acceptors (Lipinski definition) is 6. The van der Waals surface area contributed by atoms with Gasteiger partial charge in [0.05, 0.1) is 12.7 Å². The molecule has 2 heterocycles. The third-order valence-corrected chi connectivity index (χ3v) is 5.00. The van der Waals surface area contributed by atoms with Gasteiger partial charge in [-0.1, -0.05) is 24.2 Å². The SMILES string of the molecule is CCc1noc(-c2ccc(CCNC(=NC)NCCCOCC3CCCO3)cc2)n1.I. The van der Waals surface area contributed by atoms with Crippen LogP contribution < -0.4 is 10.6 Å². The van der Waals surface area contributed by atoms with Gasteiger partial charge in [-0.3, -0.25) is 4.99 Å². The van der Waals surface area contributed by atoms with Gasteiger partial charge >= 0.3 is 0 Å². The van der Waals surface area contributed by atoms with Crippen LogP contribution in [0.1, 0.15) is 37.6 Å². The molecular formula is C22H34IN5O3. The lowest BCUT2D eigenvalue weighted by molar-refractivity contribution is 0.0168. The molecule has 3 rings (SSSR count). The Balaban J connectivity index is 0.00000341. The molecule has 0 saturated carbocycles. The van der Waals surface area contributed by atoms with Crippen LogP contribution in [0.5, 0.6) is 0 Å². The van der Waals surface area contributed by atoms with Gasteiger partial charge in [0.2, 0.25) is 0 Å². The van der Waals surface area contributed by atoms with Crippen molar-refractivity contribution in [3.63, 3.8) is 0 Å². The quantitative estimate of drug-likeness (QED) is 0.195. The summed E-state index contributed by atoms with van der Waals surface area (Å²) in [6.07, 6.45) is 5.17. The lowest BCUT2D eigenvalue weighted by Gasteiger charge is -2.13. The average Bonchev–Trinajstić information content (AvgIpc) is 3.47. The maximum absolute atomic E-state index is 5.68. The minimum Gasteiger partial charge on any atom is -0.379 e. The normalized spacial score (nSPS) is 16.2. The van der Waals surface area contributed by atoms with E-state index < -0.39 is 0 Å². The number of hydrogen-bond donors (Lipinski definition) is 2. The molecule has 1 fully saturated rings. The van der Waals surface area contributed by atoms with Gasteiger partial charge in [0.15, 0.2) is 11.8 Å². The number of ether oxygens (including phenoxy) is 2. The average molecular weight is 543 g/mol. The fraction of sp³-hybridized carbons (Fsp3) is 0.591. The van der Waals surface area contributed by atoms with Crippen LogP contribution in [0.2, 0.25) is 0 Å². The standard InChI is InChI=1S/C22H33N5O3.HI/c1-3-20-26-21(30-27-20)18-9-7-17(8-10-18)11-13-25-22(23-2)24-12-5-14-28-16-19-6-4-15-29-19;/h7-10,19H,3-6,11-16H2,1-2H3,(H2,23,24,25);1H. The summed E-state index contributed by atoms with van der Waals surface area (Å²) in [4.78, 5) is 8.63. The van der Waals surface area contributed by atoms with Gasteiger partial charge in [-0.05, 0) is 43.4 Å². The highest BCUT2D eigenvalue weighted by Gasteiger charge is 2.14. The molecule has 0 radical (unpaired) electrons. The molecule has 1 atom stereocenters. The van der Waals surface area contributed by atoms with Crippen molar-refractivity contribution >= 4 is 29.9 Å². The van der Waals surface area contributed by atoms with Crippen molar-refractivity contribution in [3.05, 3.63) is 35.7 Å². The summed E-state index contributed by atoms with van der Waals surface area (Å²) in [5.74, 6) is 2.11. The second kappa shape index (κ2) is 14.4. The molecule has 1 unspecified atom stereocenters. The minimum absolute atomic E-state index is 0. The minimum atomic E-state index is 0. The zero-order chi connectivity index (χ0) is 21.0. The Labute approximate surface area is 201 Å². The van der Waals surface area contributed by atoms with Gasteiger partial charge in [-0.2, -0.15) is 4.98 Å². The number of aryl methyl sites for hydroxylation is 1. The summed E-state index contributed by atoms with van der Waals surface area (Å²) in [6, 6.07) is 8.22. The molecule has 1 aromatic carbocycles. The van der Waals surface area contributed by atoms with E-state index in [1.807, 2.05) is 19.1 Å². The Morgan fingerprint density at radius 2 is 2.03 bits per heavy atom. The van der Waals surface area contributed by atoms with Crippen molar-refractivity contribution in [3.8, 4) is 11.5 Å². The highest BCUT2D eigenvalue weighted by atomic mass is 127. The number of aromatic nitrogens is 2. The second-order valence-corrected chi connectivity index (χ2v) is 7.31. The van der Waals surface area contributed by atoms with Gasteiger partial charge in [0.1, 0.15) is 0 Å². The predicted molar refractivity (Wildman–Crippen MR) is 132 cm³/mol. The van der Waals surface area contributed by atoms with Crippen LogP contribution >= 0.6 is 24.0 Å². The molecule has 2 N–H and O–H groups in total.